The minimum atomic E-state index is 0. The molecule has 6 heteroatoms. The van der Waals surface area contributed by atoms with Gasteiger partial charge in [0.25, 0.3) is 0 Å². The fourth-order valence-electron chi connectivity index (χ4n) is 2.34. The molecule has 1 aliphatic heterocycles. The van der Waals surface area contributed by atoms with E-state index in [-0.39, 0.29) is 24.4 Å². The fraction of sp³-hybridized carbons (Fsp3) is 0.533. The van der Waals surface area contributed by atoms with Gasteiger partial charge in [-0.3, -0.25) is 4.79 Å². The molecule has 2 rings (SSSR count). The minimum Gasteiger partial charge on any atom is -0.341 e. The Kier molecular flexibility index (Phi) is 8.71. The monoisotopic (exact) mass is 392 g/mol. The van der Waals surface area contributed by atoms with E-state index in [0.717, 1.165) is 42.6 Å². The van der Waals surface area contributed by atoms with Gasteiger partial charge in [0.15, 0.2) is 0 Å². The van der Waals surface area contributed by atoms with Gasteiger partial charge in [0.2, 0.25) is 5.91 Å². The largest absolute Gasteiger partial charge is 0.341 e. The number of hydrogen-bond acceptors (Lipinski definition) is 3. The second-order valence-corrected chi connectivity index (χ2v) is 7.23. The van der Waals surface area contributed by atoms with Crippen LogP contribution in [0.5, 0.6) is 0 Å². The van der Waals surface area contributed by atoms with E-state index >= 15 is 0 Å². The molecule has 0 radical (unpaired) electrons. The van der Waals surface area contributed by atoms with Crippen molar-refractivity contribution in [3.8, 4) is 0 Å². The summed E-state index contributed by atoms with van der Waals surface area (Å²) in [7, 11) is 0. The Bertz CT molecular complexity index is 444. The summed E-state index contributed by atoms with van der Waals surface area (Å²) in [6.45, 7) is 1.62. The first-order chi connectivity index (χ1) is 9.65. The standard InChI is InChI=1S/C15H21BrN2OS.ClH/c16-12-5-7-14(8-6-12)20-10-2-4-15(19)18-9-1-3-13(17)11-18;/h5-8,13H,1-4,9-11,17H2;1H. The Labute approximate surface area is 145 Å². The SMILES string of the molecule is Cl.NC1CCCN(C(=O)CCCSc2ccc(Br)cc2)C1. The van der Waals surface area contributed by atoms with E-state index in [0.29, 0.717) is 6.42 Å². The van der Waals surface area contributed by atoms with Gasteiger partial charge in [-0.05, 0) is 49.3 Å². The van der Waals surface area contributed by atoms with Gasteiger partial charge in [-0.1, -0.05) is 15.9 Å². The molecule has 0 saturated carbocycles. The van der Waals surface area contributed by atoms with Crippen molar-refractivity contribution in [3.05, 3.63) is 28.7 Å². The predicted molar refractivity (Wildman–Crippen MR) is 95.1 cm³/mol. The van der Waals surface area contributed by atoms with Gasteiger partial charge in [-0.25, -0.2) is 0 Å². The third kappa shape index (κ3) is 6.59. The van der Waals surface area contributed by atoms with Crippen LogP contribution in [0.25, 0.3) is 0 Å². The Morgan fingerprint density at radius 1 is 1.38 bits per heavy atom. The summed E-state index contributed by atoms with van der Waals surface area (Å²) < 4.78 is 1.10. The zero-order chi connectivity index (χ0) is 14.4. The molecule has 0 spiro atoms. The number of piperidine rings is 1. The molecule has 1 amide bonds. The summed E-state index contributed by atoms with van der Waals surface area (Å²) in [5, 5.41) is 0. The van der Waals surface area contributed by atoms with Crippen LogP contribution in [-0.2, 0) is 4.79 Å². The third-order valence-electron chi connectivity index (χ3n) is 3.43. The maximum Gasteiger partial charge on any atom is 0.222 e. The van der Waals surface area contributed by atoms with Crippen LogP contribution in [0.15, 0.2) is 33.6 Å². The Morgan fingerprint density at radius 2 is 2.10 bits per heavy atom. The zero-order valence-electron chi connectivity index (χ0n) is 12.0. The van der Waals surface area contributed by atoms with Crippen LogP contribution in [0.1, 0.15) is 25.7 Å². The van der Waals surface area contributed by atoms with E-state index in [9.17, 15) is 4.79 Å². The van der Waals surface area contributed by atoms with Crippen molar-refractivity contribution in [2.45, 2.75) is 36.6 Å². The lowest BCUT2D eigenvalue weighted by Crippen LogP contribution is -2.45. The summed E-state index contributed by atoms with van der Waals surface area (Å²) in [4.78, 5) is 15.2. The summed E-state index contributed by atoms with van der Waals surface area (Å²) in [5.74, 6) is 1.24. The topological polar surface area (TPSA) is 46.3 Å². The van der Waals surface area contributed by atoms with Crippen molar-refractivity contribution in [2.24, 2.45) is 5.73 Å². The number of rotatable bonds is 5. The Balaban J connectivity index is 0.00000220. The van der Waals surface area contributed by atoms with Crippen LogP contribution in [0, 0.1) is 0 Å². The van der Waals surface area contributed by atoms with Crippen molar-refractivity contribution in [2.75, 3.05) is 18.8 Å². The van der Waals surface area contributed by atoms with Crippen LogP contribution in [0.4, 0.5) is 0 Å². The molecule has 1 heterocycles. The van der Waals surface area contributed by atoms with Crippen molar-refractivity contribution >= 4 is 46.0 Å². The van der Waals surface area contributed by atoms with E-state index < -0.39 is 0 Å². The summed E-state index contributed by atoms with van der Waals surface area (Å²) in [6, 6.07) is 8.45. The molecule has 21 heavy (non-hydrogen) atoms. The maximum absolute atomic E-state index is 12.1. The van der Waals surface area contributed by atoms with Gasteiger partial charge in [0.05, 0.1) is 0 Å². The smallest absolute Gasteiger partial charge is 0.222 e. The highest BCUT2D eigenvalue weighted by atomic mass is 79.9. The number of halogens is 2. The first kappa shape index (κ1) is 18.8. The van der Waals surface area contributed by atoms with Crippen LogP contribution in [-0.4, -0.2) is 35.7 Å². The van der Waals surface area contributed by atoms with Crippen LogP contribution in [0.2, 0.25) is 0 Å². The second kappa shape index (κ2) is 9.72. The molecule has 1 aliphatic rings. The van der Waals surface area contributed by atoms with E-state index in [1.807, 2.05) is 17.0 Å². The van der Waals surface area contributed by atoms with E-state index in [1.54, 1.807) is 11.8 Å². The van der Waals surface area contributed by atoms with Crippen LogP contribution >= 0.6 is 40.1 Å². The number of likely N-dealkylation sites (tertiary alicyclic amines) is 1. The number of carbonyl (C=O) groups is 1. The average Bonchev–Trinajstić information content (AvgIpc) is 2.45. The highest BCUT2D eigenvalue weighted by molar-refractivity contribution is 9.10. The maximum atomic E-state index is 12.1. The number of amides is 1. The molecule has 2 N–H and O–H groups in total. The van der Waals surface area contributed by atoms with Gasteiger partial charge in [0, 0.05) is 34.9 Å². The molecule has 1 saturated heterocycles. The number of thioether (sulfide) groups is 1. The van der Waals surface area contributed by atoms with Gasteiger partial charge >= 0.3 is 0 Å². The normalized spacial score (nSPS) is 18.2. The quantitative estimate of drug-likeness (QED) is 0.613. The molecule has 3 nitrogen and oxygen atoms in total. The van der Waals surface area contributed by atoms with Crippen molar-refractivity contribution in [1.29, 1.82) is 0 Å². The van der Waals surface area contributed by atoms with E-state index in [4.69, 9.17) is 5.73 Å². The Hall–Kier alpha value is -0.230. The van der Waals surface area contributed by atoms with E-state index in [1.165, 1.54) is 4.90 Å². The highest BCUT2D eigenvalue weighted by Gasteiger charge is 2.20. The molecule has 1 fully saturated rings. The molecule has 1 unspecified atom stereocenters. The molecule has 0 aromatic heterocycles. The lowest BCUT2D eigenvalue weighted by atomic mass is 10.1. The van der Waals surface area contributed by atoms with Crippen LogP contribution in [0.3, 0.4) is 0 Å². The number of nitrogens with zero attached hydrogens (tertiary/aromatic N) is 1. The number of benzene rings is 1. The highest BCUT2D eigenvalue weighted by Crippen LogP contribution is 2.22. The first-order valence-corrected chi connectivity index (χ1v) is 8.85. The molecular formula is C15H22BrClN2OS. The van der Waals surface area contributed by atoms with Gasteiger partial charge in [0.1, 0.15) is 0 Å². The second-order valence-electron chi connectivity index (χ2n) is 5.15. The van der Waals surface area contributed by atoms with Crippen LogP contribution < -0.4 is 5.73 Å². The molecule has 0 aliphatic carbocycles. The molecule has 118 valence electrons. The molecule has 1 aromatic rings. The number of nitrogens with two attached hydrogens (primary N) is 1. The molecular weight excluding hydrogens is 372 g/mol. The lowest BCUT2D eigenvalue weighted by molar-refractivity contribution is -0.132. The molecule has 1 aromatic carbocycles. The van der Waals surface area contributed by atoms with Gasteiger partial charge in [-0.15, -0.1) is 24.2 Å². The summed E-state index contributed by atoms with van der Waals surface area (Å²) >= 11 is 5.23. The summed E-state index contributed by atoms with van der Waals surface area (Å²) in [5.41, 5.74) is 5.90. The van der Waals surface area contributed by atoms with Crippen molar-refractivity contribution in [3.63, 3.8) is 0 Å². The van der Waals surface area contributed by atoms with Gasteiger partial charge < -0.3 is 10.6 Å². The van der Waals surface area contributed by atoms with Gasteiger partial charge in [-0.2, -0.15) is 0 Å². The zero-order valence-corrected chi connectivity index (χ0v) is 15.2. The third-order valence-corrected chi connectivity index (χ3v) is 5.05. The molecule has 1 atom stereocenters. The number of carbonyl (C=O) groups excluding carboxylic acids is 1. The first-order valence-electron chi connectivity index (χ1n) is 7.07. The molecule has 0 bridgehead atoms. The Morgan fingerprint density at radius 3 is 2.76 bits per heavy atom. The predicted octanol–water partition coefficient (Wildman–Crippen LogP) is 3.69. The fourth-order valence-corrected chi connectivity index (χ4v) is 3.46. The summed E-state index contributed by atoms with van der Waals surface area (Å²) in [6.07, 6.45) is 3.64. The number of hydrogen-bond donors (Lipinski definition) is 1. The van der Waals surface area contributed by atoms with Crippen molar-refractivity contribution in [1.82, 2.24) is 4.90 Å². The average molecular weight is 394 g/mol. The lowest BCUT2D eigenvalue weighted by Gasteiger charge is -2.30. The van der Waals surface area contributed by atoms with E-state index in [2.05, 4.69) is 28.1 Å². The minimum absolute atomic E-state index is 0. The van der Waals surface area contributed by atoms with Crippen molar-refractivity contribution < 1.29 is 4.79 Å².